The number of hydrogen-bond acceptors (Lipinski definition) is 2. The summed E-state index contributed by atoms with van der Waals surface area (Å²) in [5.74, 6) is -0.266. The molecule has 4 nitrogen and oxygen atoms in total. The summed E-state index contributed by atoms with van der Waals surface area (Å²) in [5, 5.41) is 5.32. The Balaban J connectivity index is 0. The Morgan fingerprint density at radius 2 is 1.73 bits per heavy atom. The second-order valence-electron chi connectivity index (χ2n) is 2.95. The Labute approximate surface area is 92.8 Å². The van der Waals surface area contributed by atoms with Gasteiger partial charge in [0.25, 0.3) is 0 Å². The van der Waals surface area contributed by atoms with Crippen LogP contribution in [-0.2, 0) is 9.59 Å². The fourth-order valence-corrected chi connectivity index (χ4v) is 0.970. The summed E-state index contributed by atoms with van der Waals surface area (Å²) >= 11 is 0. The maximum absolute atomic E-state index is 11.3. The minimum absolute atomic E-state index is 0.0976. The van der Waals surface area contributed by atoms with Gasteiger partial charge in [-0.2, -0.15) is 0 Å². The molecule has 0 saturated carbocycles. The zero-order valence-electron chi connectivity index (χ0n) is 10.5. The van der Waals surface area contributed by atoms with Gasteiger partial charge in [0.15, 0.2) is 0 Å². The van der Waals surface area contributed by atoms with E-state index in [0.29, 0.717) is 13.0 Å². The topological polar surface area (TPSA) is 58.2 Å². The average molecular weight is 216 g/mol. The van der Waals surface area contributed by atoms with Gasteiger partial charge in [-0.1, -0.05) is 27.7 Å². The lowest BCUT2D eigenvalue weighted by Gasteiger charge is -2.14. The van der Waals surface area contributed by atoms with Crippen LogP contribution in [0.5, 0.6) is 0 Å². The molecule has 0 rings (SSSR count). The number of nitrogens with one attached hydrogen (secondary N) is 2. The van der Waals surface area contributed by atoms with E-state index >= 15 is 0 Å². The number of amides is 2. The van der Waals surface area contributed by atoms with E-state index < -0.39 is 0 Å². The first kappa shape index (κ1) is 16.4. The molecule has 0 aromatic carbocycles. The van der Waals surface area contributed by atoms with Gasteiger partial charge in [-0.05, 0) is 12.8 Å². The third kappa shape index (κ3) is 9.25. The van der Waals surface area contributed by atoms with Crippen molar-refractivity contribution in [1.82, 2.24) is 10.6 Å². The van der Waals surface area contributed by atoms with Crippen molar-refractivity contribution in [2.75, 3.05) is 6.54 Å². The molecule has 0 fully saturated rings. The van der Waals surface area contributed by atoms with Gasteiger partial charge in [0.05, 0.1) is 0 Å². The highest BCUT2D eigenvalue weighted by Crippen LogP contribution is 1.90. The van der Waals surface area contributed by atoms with E-state index in [1.165, 1.54) is 6.92 Å². The smallest absolute Gasteiger partial charge is 0.242 e. The summed E-state index contributed by atoms with van der Waals surface area (Å²) < 4.78 is 0. The second kappa shape index (κ2) is 11.0. The normalized spacial score (nSPS) is 10.7. The van der Waals surface area contributed by atoms with Crippen molar-refractivity contribution in [3.05, 3.63) is 0 Å². The highest BCUT2D eigenvalue weighted by atomic mass is 16.2. The number of hydrogen-bond donors (Lipinski definition) is 2. The molecule has 0 aromatic rings. The summed E-state index contributed by atoms with van der Waals surface area (Å²) in [7, 11) is 0. The van der Waals surface area contributed by atoms with Crippen molar-refractivity contribution in [3.8, 4) is 0 Å². The Kier molecular flexibility index (Phi) is 12.0. The molecule has 0 radical (unpaired) electrons. The molecule has 0 bridgehead atoms. The first-order valence-corrected chi connectivity index (χ1v) is 5.66. The molecular formula is C11H24N2O2. The third-order valence-corrected chi connectivity index (χ3v) is 1.65. The van der Waals surface area contributed by atoms with Gasteiger partial charge >= 0.3 is 0 Å². The van der Waals surface area contributed by atoms with Gasteiger partial charge in [-0.25, -0.2) is 0 Å². The summed E-state index contributed by atoms with van der Waals surface area (Å²) in [6.07, 6.45) is 1.53. The minimum atomic E-state index is -0.385. The molecule has 90 valence electrons. The third-order valence-electron chi connectivity index (χ3n) is 1.65. The summed E-state index contributed by atoms with van der Waals surface area (Å²) in [6.45, 7) is 9.93. The fourth-order valence-electron chi connectivity index (χ4n) is 0.970. The average Bonchev–Trinajstić information content (AvgIpc) is 2.25. The molecule has 0 spiro atoms. The van der Waals surface area contributed by atoms with Crippen LogP contribution in [0.4, 0.5) is 0 Å². The number of carbonyl (C=O) groups excluding carboxylic acids is 2. The molecule has 0 unspecified atom stereocenters. The molecule has 2 N–H and O–H groups in total. The van der Waals surface area contributed by atoms with E-state index in [4.69, 9.17) is 0 Å². The molecule has 0 saturated heterocycles. The van der Waals surface area contributed by atoms with Crippen LogP contribution >= 0.6 is 0 Å². The molecule has 0 aromatic heterocycles. The largest absolute Gasteiger partial charge is 0.354 e. The van der Waals surface area contributed by atoms with E-state index in [2.05, 4.69) is 10.6 Å². The SMILES string of the molecule is CC.CCCNC(=O)[C@H](CC)NC(C)=O. The number of carbonyl (C=O) groups is 2. The highest BCUT2D eigenvalue weighted by molar-refractivity contribution is 5.86. The Morgan fingerprint density at radius 3 is 2.07 bits per heavy atom. The van der Waals surface area contributed by atoms with Crippen LogP contribution in [0, 0.1) is 0 Å². The molecule has 4 heteroatoms. The molecule has 0 heterocycles. The van der Waals surface area contributed by atoms with Gasteiger partial charge in [0.1, 0.15) is 6.04 Å². The quantitative estimate of drug-likeness (QED) is 0.731. The Hall–Kier alpha value is -1.06. The van der Waals surface area contributed by atoms with E-state index in [9.17, 15) is 9.59 Å². The van der Waals surface area contributed by atoms with Crippen LogP contribution in [0.25, 0.3) is 0 Å². The van der Waals surface area contributed by atoms with Gasteiger partial charge in [-0.3, -0.25) is 9.59 Å². The van der Waals surface area contributed by atoms with E-state index in [1.54, 1.807) is 0 Å². The second-order valence-corrected chi connectivity index (χ2v) is 2.95. The van der Waals surface area contributed by atoms with Crippen LogP contribution in [0.1, 0.15) is 47.5 Å². The summed E-state index contributed by atoms with van der Waals surface area (Å²) in [6, 6.07) is -0.385. The molecule has 0 aliphatic rings. The lowest BCUT2D eigenvalue weighted by atomic mass is 10.2. The van der Waals surface area contributed by atoms with Gasteiger partial charge in [0.2, 0.25) is 11.8 Å². The summed E-state index contributed by atoms with van der Waals surface area (Å²) in [5.41, 5.74) is 0. The first-order valence-electron chi connectivity index (χ1n) is 5.66. The number of rotatable bonds is 5. The van der Waals surface area contributed by atoms with Gasteiger partial charge in [-0.15, -0.1) is 0 Å². The summed E-state index contributed by atoms with van der Waals surface area (Å²) in [4.78, 5) is 22.0. The van der Waals surface area contributed by atoms with Crippen molar-refractivity contribution < 1.29 is 9.59 Å². The predicted octanol–water partition coefficient (Wildman–Crippen LogP) is 1.45. The van der Waals surface area contributed by atoms with E-state index in [0.717, 1.165) is 6.42 Å². The monoisotopic (exact) mass is 216 g/mol. The van der Waals surface area contributed by atoms with Gasteiger partial charge < -0.3 is 10.6 Å². The maximum Gasteiger partial charge on any atom is 0.242 e. The first-order chi connectivity index (χ1) is 7.11. The fraction of sp³-hybridized carbons (Fsp3) is 0.818. The molecule has 0 aliphatic heterocycles. The lowest BCUT2D eigenvalue weighted by molar-refractivity contribution is -0.128. The van der Waals surface area contributed by atoms with Crippen LogP contribution in [0.2, 0.25) is 0 Å². The highest BCUT2D eigenvalue weighted by Gasteiger charge is 2.15. The lowest BCUT2D eigenvalue weighted by Crippen LogP contribution is -2.45. The van der Waals surface area contributed by atoms with Crippen LogP contribution in [0.3, 0.4) is 0 Å². The van der Waals surface area contributed by atoms with E-state index in [-0.39, 0.29) is 17.9 Å². The van der Waals surface area contributed by atoms with Crippen LogP contribution < -0.4 is 10.6 Å². The predicted molar refractivity (Wildman–Crippen MR) is 62.5 cm³/mol. The van der Waals surface area contributed by atoms with Crippen molar-refractivity contribution in [3.63, 3.8) is 0 Å². The van der Waals surface area contributed by atoms with Crippen molar-refractivity contribution in [2.24, 2.45) is 0 Å². The maximum atomic E-state index is 11.3. The Bertz CT molecular complexity index is 181. The zero-order chi connectivity index (χ0) is 12.3. The van der Waals surface area contributed by atoms with Crippen LogP contribution in [0.15, 0.2) is 0 Å². The molecule has 2 amide bonds. The Morgan fingerprint density at radius 1 is 1.20 bits per heavy atom. The zero-order valence-corrected chi connectivity index (χ0v) is 10.5. The molecule has 15 heavy (non-hydrogen) atoms. The van der Waals surface area contributed by atoms with Crippen LogP contribution in [-0.4, -0.2) is 24.4 Å². The van der Waals surface area contributed by atoms with E-state index in [1.807, 2.05) is 27.7 Å². The standard InChI is InChI=1S/C9H18N2O2.C2H6/c1-4-6-10-9(13)8(5-2)11-7(3)12;1-2/h8H,4-6H2,1-3H3,(H,10,13)(H,11,12);1-2H3/t8-;/m0./s1. The van der Waals surface area contributed by atoms with Crippen molar-refractivity contribution >= 4 is 11.8 Å². The molecular weight excluding hydrogens is 192 g/mol. The minimum Gasteiger partial charge on any atom is -0.354 e. The molecule has 1 atom stereocenters. The molecule has 0 aliphatic carbocycles. The van der Waals surface area contributed by atoms with Crippen molar-refractivity contribution in [1.29, 1.82) is 0 Å². The van der Waals surface area contributed by atoms with Crippen molar-refractivity contribution in [2.45, 2.75) is 53.5 Å². The van der Waals surface area contributed by atoms with Gasteiger partial charge in [0, 0.05) is 13.5 Å².